The summed E-state index contributed by atoms with van der Waals surface area (Å²) in [5.74, 6) is 0.146. The average molecular weight is 371 g/mol. The number of nitrogens with two attached hydrogens (primary N) is 1. The Balaban J connectivity index is 2.31. The summed E-state index contributed by atoms with van der Waals surface area (Å²) < 4.78 is 7.07. The number of amides is 1. The monoisotopic (exact) mass is 370 g/mol. The van der Waals surface area contributed by atoms with E-state index in [1.54, 1.807) is 7.11 Å². The zero-order valence-corrected chi connectivity index (χ0v) is 14.7. The summed E-state index contributed by atoms with van der Waals surface area (Å²) in [6, 6.07) is 5.80. The van der Waals surface area contributed by atoms with E-state index >= 15 is 0 Å². The predicted octanol–water partition coefficient (Wildman–Crippen LogP) is 3.65. The van der Waals surface area contributed by atoms with E-state index in [0.717, 1.165) is 14.6 Å². The highest BCUT2D eigenvalue weighted by atomic mass is 79.9. The first kappa shape index (κ1) is 16.3. The van der Waals surface area contributed by atoms with E-state index in [9.17, 15) is 4.79 Å². The van der Waals surface area contributed by atoms with Gasteiger partial charge in [-0.1, -0.05) is 35.8 Å². The van der Waals surface area contributed by atoms with Crippen molar-refractivity contribution in [2.45, 2.75) is 19.9 Å². The second-order valence-corrected chi connectivity index (χ2v) is 7.14. The minimum absolute atomic E-state index is 0.0319. The molecule has 114 valence electrons. The van der Waals surface area contributed by atoms with Gasteiger partial charge in [0.1, 0.15) is 4.88 Å². The molecule has 0 radical (unpaired) electrons. The van der Waals surface area contributed by atoms with Crippen LogP contribution in [0, 0.1) is 5.92 Å². The molecule has 0 spiro atoms. The largest absolute Gasteiger partial charge is 0.397 e. The Morgan fingerprint density at radius 1 is 1.48 bits per heavy atom. The van der Waals surface area contributed by atoms with Gasteiger partial charge in [0.05, 0.1) is 18.3 Å². The molecule has 1 amide bonds. The van der Waals surface area contributed by atoms with Crippen LogP contribution in [0.4, 0.5) is 5.69 Å². The average Bonchev–Trinajstić information content (AvgIpc) is 2.77. The Hall–Kier alpha value is -1.11. The van der Waals surface area contributed by atoms with Gasteiger partial charge < -0.3 is 15.8 Å². The number of carbonyl (C=O) groups is 1. The lowest BCUT2D eigenvalue weighted by Gasteiger charge is -2.21. The fourth-order valence-electron chi connectivity index (χ4n) is 2.11. The minimum atomic E-state index is -0.142. The van der Waals surface area contributed by atoms with Crippen LogP contribution in [0.25, 0.3) is 10.1 Å². The molecule has 2 aromatic rings. The molecule has 0 bridgehead atoms. The number of benzene rings is 1. The molecule has 1 atom stereocenters. The normalized spacial score (nSPS) is 12.8. The molecule has 1 aromatic carbocycles. The molecule has 0 aliphatic heterocycles. The molecule has 0 aliphatic carbocycles. The third-order valence-corrected chi connectivity index (χ3v) is 5.21. The van der Waals surface area contributed by atoms with Crippen LogP contribution in [-0.4, -0.2) is 25.7 Å². The van der Waals surface area contributed by atoms with E-state index in [2.05, 4.69) is 35.1 Å². The van der Waals surface area contributed by atoms with Crippen molar-refractivity contribution in [3.8, 4) is 0 Å². The number of nitrogens with one attached hydrogen (secondary N) is 1. The lowest BCUT2D eigenvalue weighted by atomic mass is 10.1. The fraction of sp³-hybridized carbons (Fsp3) is 0.400. The van der Waals surface area contributed by atoms with E-state index < -0.39 is 0 Å². The van der Waals surface area contributed by atoms with Gasteiger partial charge in [-0.25, -0.2) is 0 Å². The number of rotatable bonds is 5. The number of hydrogen-bond donors (Lipinski definition) is 2. The maximum atomic E-state index is 12.5. The van der Waals surface area contributed by atoms with Crippen LogP contribution in [0.3, 0.4) is 0 Å². The summed E-state index contributed by atoms with van der Waals surface area (Å²) in [5, 5.41) is 3.91. The molecule has 0 aliphatic rings. The molecule has 21 heavy (non-hydrogen) atoms. The summed E-state index contributed by atoms with van der Waals surface area (Å²) in [6.45, 7) is 4.58. The molecule has 0 fully saturated rings. The Morgan fingerprint density at radius 3 is 2.76 bits per heavy atom. The number of fused-ring (bicyclic) bond motifs is 1. The van der Waals surface area contributed by atoms with Gasteiger partial charge in [-0.2, -0.15) is 0 Å². The van der Waals surface area contributed by atoms with Gasteiger partial charge >= 0.3 is 0 Å². The first-order chi connectivity index (χ1) is 9.95. The van der Waals surface area contributed by atoms with Gasteiger partial charge in [0.15, 0.2) is 0 Å². The third-order valence-electron chi connectivity index (χ3n) is 3.38. The Kier molecular flexibility index (Phi) is 5.24. The van der Waals surface area contributed by atoms with Crippen LogP contribution in [0.2, 0.25) is 0 Å². The summed E-state index contributed by atoms with van der Waals surface area (Å²) >= 11 is 4.89. The molecule has 1 unspecified atom stereocenters. The van der Waals surface area contributed by atoms with Gasteiger partial charge in [0, 0.05) is 21.7 Å². The van der Waals surface area contributed by atoms with Gasteiger partial charge in [-0.05, 0) is 18.1 Å². The molecule has 4 nitrogen and oxygen atoms in total. The van der Waals surface area contributed by atoms with Crippen LogP contribution >= 0.6 is 27.3 Å². The first-order valence-corrected chi connectivity index (χ1v) is 8.33. The van der Waals surface area contributed by atoms with Gasteiger partial charge in [0.2, 0.25) is 0 Å². The highest BCUT2D eigenvalue weighted by Crippen LogP contribution is 2.38. The summed E-state index contributed by atoms with van der Waals surface area (Å²) in [4.78, 5) is 13.0. The molecular weight excluding hydrogens is 352 g/mol. The molecule has 1 aromatic heterocycles. The maximum Gasteiger partial charge on any atom is 0.263 e. The predicted molar refractivity (Wildman–Crippen MR) is 91.9 cm³/mol. The van der Waals surface area contributed by atoms with Crippen molar-refractivity contribution in [2.75, 3.05) is 19.5 Å². The van der Waals surface area contributed by atoms with Gasteiger partial charge in [-0.15, -0.1) is 11.3 Å². The molecule has 6 heteroatoms. The highest BCUT2D eigenvalue weighted by Gasteiger charge is 2.22. The third kappa shape index (κ3) is 3.39. The number of anilines is 1. The number of thiophene rings is 1. The summed E-state index contributed by atoms with van der Waals surface area (Å²) in [5.41, 5.74) is 6.68. The molecule has 3 N–H and O–H groups in total. The quantitative estimate of drug-likeness (QED) is 0.843. The number of hydrogen-bond acceptors (Lipinski definition) is 4. The van der Waals surface area contributed by atoms with Crippen molar-refractivity contribution in [2.24, 2.45) is 5.92 Å². The van der Waals surface area contributed by atoms with Crippen LogP contribution < -0.4 is 11.1 Å². The Labute approximate surface area is 136 Å². The van der Waals surface area contributed by atoms with Gasteiger partial charge in [0.25, 0.3) is 5.91 Å². The molecular formula is C15H19BrN2O2S. The standard InChI is InChI=1S/C15H19BrN2O2S/c1-8(2)10(7-20-3)18-15(19)14-13(17)12-9(16)5-4-6-11(12)21-14/h4-6,8,10H,7,17H2,1-3H3,(H,18,19). The first-order valence-electron chi connectivity index (χ1n) is 6.72. The Bertz CT molecular complexity index is 654. The summed E-state index contributed by atoms with van der Waals surface area (Å²) in [6.07, 6.45) is 0. The number of carbonyl (C=O) groups excluding carboxylic acids is 1. The van der Waals surface area contributed by atoms with Crippen LogP contribution in [-0.2, 0) is 4.74 Å². The molecule has 2 rings (SSSR count). The van der Waals surface area contributed by atoms with E-state index in [1.165, 1.54) is 11.3 Å². The van der Waals surface area contributed by atoms with Crippen molar-refractivity contribution in [1.82, 2.24) is 5.32 Å². The molecule has 0 saturated heterocycles. The second kappa shape index (κ2) is 6.77. The van der Waals surface area contributed by atoms with E-state index in [1.807, 2.05) is 18.2 Å². The van der Waals surface area contributed by atoms with Crippen molar-refractivity contribution in [1.29, 1.82) is 0 Å². The number of halogens is 1. The lowest BCUT2D eigenvalue weighted by molar-refractivity contribution is 0.0871. The zero-order chi connectivity index (χ0) is 15.6. The maximum absolute atomic E-state index is 12.5. The minimum Gasteiger partial charge on any atom is -0.397 e. The molecule has 0 saturated carbocycles. The Morgan fingerprint density at radius 2 is 2.19 bits per heavy atom. The topological polar surface area (TPSA) is 64.3 Å². The number of ether oxygens (including phenoxy) is 1. The summed E-state index contributed by atoms with van der Waals surface area (Å²) in [7, 11) is 1.63. The molecule has 1 heterocycles. The van der Waals surface area contributed by atoms with Crippen LogP contribution in [0.5, 0.6) is 0 Å². The van der Waals surface area contributed by atoms with Crippen molar-refractivity contribution >= 4 is 48.9 Å². The van der Waals surface area contributed by atoms with Crippen LogP contribution in [0.15, 0.2) is 22.7 Å². The second-order valence-electron chi connectivity index (χ2n) is 5.24. The van der Waals surface area contributed by atoms with Crippen molar-refractivity contribution in [3.63, 3.8) is 0 Å². The fourth-order valence-corrected chi connectivity index (χ4v) is 3.88. The van der Waals surface area contributed by atoms with Crippen LogP contribution in [0.1, 0.15) is 23.5 Å². The highest BCUT2D eigenvalue weighted by molar-refractivity contribution is 9.10. The smallest absolute Gasteiger partial charge is 0.263 e. The zero-order valence-electron chi connectivity index (χ0n) is 12.3. The number of nitrogen functional groups attached to an aromatic ring is 1. The van der Waals surface area contributed by atoms with E-state index in [-0.39, 0.29) is 17.9 Å². The number of methoxy groups -OCH3 is 1. The lowest BCUT2D eigenvalue weighted by Crippen LogP contribution is -2.41. The SMILES string of the molecule is COCC(NC(=O)c1sc2cccc(Br)c2c1N)C(C)C. The van der Waals surface area contributed by atoms with E-state index in [4.69, 9.17) is 10.5 Å². The van der Waals surface area contributed by atoms with Crippen molar-refractivity contribution in [3.05, 3.63) is 27.5 Å². The van der Waals surface area contributed by atoms with E-state index in [0.29, 0.717) is 17.2 Å². The van der Waals surface area contributed by atoms with Gasteiger partial charge in [-0.3, -0.25) is 4.79 Å². The van der Waals surface area contributed by atoms with Crippen molar-refractivity contribution < 1.29 is 9.53 Å².